The van der Waals surface area contributed by atoms with Crippen LogP contribution in [0.1, 0.15) is 24.1 Å². The SMILES string of the molecule is C[C@@H](n1ncn(-c2ccc(N3CCN(Cc4ccccc4)CC3)cc2)c1=O)[C@](O)(Cn1cncn1)c1ccc(F)cc1F. The molecule has 0 bridgehead atoms. The Labute approximate surface area is 247 Å². The van der Waals surface area contributed by atoms with Crippen LogP contribution in [0.4, 0.5) is 14.5 Å². The summed E-state index contributed by atoms with van der Waals surface area (Å²) in [6.45, 7) is 5.93. The number of aliphatic hydroxyl groups is 1. The summed E-state index contributed by atoms with van der Waals surface area (Å²) in [4.78, 5) is 22.2. The van der Waals surface area contributed by atoms with E-state index in [1.807, 2.05) is 30.3 Å². The fourth-order valence-electron chi connectivity index (χ4n) is 5.64. The minimum absolute atomic E-state index is 0.188. The summed E-state index contributed by atoms with van der Waals surface area (Å²) >= 11 is 0. The second-order valence-electron chi connectivity index (χ2n) is 10.8. The second kappa shape index (κ2) is 11.9. The number of piperazine rings is 1. The highest BCUT2D eigenvalue weighted by molar-refractivity contribution is 5.51. The topological polar surface area (TPSA) is 97.2 Å². The Hall–Kier alpha value is -4.68. The van der Waals surface area contributed by atoms with Crippen molar-refractivity contribution in [2.24, 2.45) is 0 Å². The Morgan fingerprint density at radius 3 is 2.30 bits per heavy atom. The Morgan fingerprint density at radius 2 is 1.63 bits per heavy atom. The van der Waals surface area contributed by atoms with Crippen molar-refractivity contribution in [2.45, 2.75) is 31.7 Å². The van der Waals surface area contributed by atoms with E-state index in [9.17, 15) is 18.7 Å². The van der Waals surface area contributed by atoms with Crippen molar-refractivity contribution in [3.05, 3.63) is 125 Å². The molecule has 2 aromatic heterocycles. The molecule has 0 spiro atoms. The fraction of sp³-hybridized carbons (Fsp3) is 0.290. The van der Waals surface area contributed by atoms with Gasteiger partial charge < -0.3 is 10.0 Å². The molecule has 0 aliphatic carbocycles. The van der Waals surface area contributed by atoms with Crippen LogP contribution >= 0.6 is 0 Å². The summed E-state index contributed by atoms with van der Waals surface area (Å²) < 4.78 is 32.5. The maximum atomic E-state index is 15.0. The quantitative estimate of drug-likeness (QED) is 0.283. The average molecular weight is 587 g/mol. The molecule has 1 aliphatic rings. The van der Waals surface area contributed by atoms with E-state index in [0.717, 1.165) is 49.2 Å². The van der Waals surface area contributed by atoms with Crippen LogP contribution in [0.2, 0.25) is 0 Å². The molecular formula is C31H32F2N8O2. The van der Waals surface area contributed by atoms with Crippen molar-refractivity contribution < 1.29 is 13.9 Å². The molecule has 3 aromatic carbocycles. The summed E-state index contributed by atoms with van der Waals surface area (Å²) in [5.41, 5.74) is 0.246. The number of aromatic nitrogens is 6. The third kappa shape index (κ3) is 5.84. The van der Waals surface area contributed by atoms with Gasteiger partial charge in [-0.25, -0.2) is 32.5 Å². The summed E-state index contributed by atoms with van der Waals surface area (Å²) in [6.07, 6.45) is 4.01. The van der Waals surface area contributed by atoms with Crippen LogP contribution in [0, 0.1) is 11.6 Å². The molecule has 43 heavy (non-hydrogen) atoms. The van der Waals surface area contributed by atoms with E-state index >= 15 is 0 Å². The molecule has 222 valence electrons. The van der Waals surface area contributed by atoms with Crippen molar-refractivity contribution in [1.29, 1.82) is 0 Å². The van der Waals surface area contributed by atoms with E-state index < -0.39 is 29.0 Å². The number of hydrogen-bond donors (Lipinski definition) is 1. The molecule has 12 heteroatoms. The zero-order chi connectivity index (χ0) is 30.0. The van der Waals surface area contributed by atoms with Gasteiger partial charge in [0.1, 0.15) is 36.2 Å². The smallest absolute Gasteiger partial charge is 0.350 e. The molecule has 5 aromatic rings. The zero-order valence-electron chi connectivity index (χ0n) is 23.7. The number of rotatable bonds is 9. The highest BCUT2D eigenvalue weighted by atomic mass is 19.1. The molecule has 1 fully saturated rings. The van der Waals surface area contributed by atoms with E-state index in [1.165, 1.54) is 39.9 Å². The highest BCUT2D eigenvalue weighted by Gasteiger charge is 2.42. The van der Waals surface area contributed by atoms with E-state index in [0.29, 0.717) is 11.8 Å². The average Bonchev–Trinajstić information content (AvgIpc) is 3.67. The third-order valence-electron chi connectivity index (χ3n) is 8.13. The van der Waals surface area contributed by atoms with Crippen molar-refractivity contribution >= 4 is 5.69 Å². The molecule has 0 radical (unpaired) electrons. The van der Waals surface area contributed by atoms with Gasteiger partial charge in [-0.1, -0.05) is 36.4 Å². The number of hydrogen-bond acceptors (Lipinski definition) is 7. The van der Waals surface area contributed by atoms with Gasteiger partial charge in [0.15, 0.2) is 0 Å². The molecule has 1 N–H and O–H groups in total. The van der Waals surface area contributed by atoms with Crippen LogP contribution < -0.4 is 10.6 Å². The van der Waals surface area contributed by atoms with Crippen LogP contribution in [0.5, 0.6) is 0 Å². The van der Waals surface area contributed by atoms with Crippen LogP contribution in [0.25, 0.3) is 5.69 Å². The lowest BCUT2D eigenvalue weighted by molar-refractivity contribution is -0.0381. The first kappa shape index (κ1) is 28.4. The lowest BCUT2D eigenvalue weighted by atomic mass is 9.86. The third-order valence-corrected chi connectivity index (χ3v) is 8.13. The molecule has 1 saturated heterocycles. The van der Waals surface area contributed by atoms with Gasteiger partial charge in [-0.3, -0.25) is 4.90 Å². The second-order valence-corrected chi connectivity index (χ2v) is 10.8. The number of nitrogens with zero attached hydrogens (tertiary/aromatic N) is 8. The first-order valence-electron chi connectivity index (χ1n) is 14.1. The van der Waals surface area contributed by atoms with Crippen molar-refractivity contribution in [3.8, 4) is 5.69 Å². The number of benzene rings is 3. The van der Waals surface area contributed by atoms with Gasteiger partial charge in [0.25, 0.3) is 0 Å². The van der Waals surface area contributed by atoms with Crippen LogP contribution in [-0.4, -0.2) is 65.3 Å². The molecule has 2 atom stereocenters. The highest BCUT2D eigenvalue weighted by Crippen LogP contribution is 2.36. The van der Waals surface area contributed by atoms with Gasteiger partial charge in [-0.2, -0.15) is 10.2 Å². The van der Waals surface area contributed by atoms with Gasteiger partial charge in [0, 0.05) is 50.0 Å². The first-order chi connectivity index (χ1) is 20.8. The predicted molar refractivity (Wildman–Crippen MR) is 157 cm³/mol. The Morgan fingerprint density at radius 1 is 0.907 bits per heavy atom. The summed E-state index contributed by atoms with van der Waals surface area (Å²) in [5, 5.41) is 20.2. The minimum atomic E-state index is -2.01. The fourth-order valence-corrected chi connectivity index (χ4v) is 5.64. The van der Waals surface area contributed by atoms with E-state index in [2.05, 4.69) is 49.2 Å². The van der Waals surface area contributed by atoms with Gasteiger partial charge in [0.2, 0.25) is 0 Å². The normalized spacial score (nSPS) is 16.2. The molecule has 0 saturated carbocycles. The molecule has 10 nitrogen and oxygen atoms in total. The van der Waals surface area contributed by atoms with Gasteiger partial charge in [0.05, 0.1) is 18.3 Å². The molecule has 6 rings (SSSR count). The Balaban J connectivity index is 1.20. The molecular weight excluding hydrogens is 554 g/mol. The molecule has 0 amide bonds. The first-order valence-corrected chi connectivity index (χ1v) is 14.1. The van der Waals surface area contributed by atoms with Crippen LogP contribution in [0.3, 0.4) is 0 Å². The maximum Gasteiger partial charge on any atom is 0.350 e. The standard InChI is InChI=1S/C31H32F2N8O2/c1-23(31(43,19-39-21-34-20-35-39)28-12-7-25(32)17-29(28)33)41-30(42)40(22-36-41)27-10-8-26(9-11-27)38-15-13-37(14-16-38)18-24-5-3-2-4-6-24/h2-12,17,20-23,43H,13-16,18-19H2,1H3/t23-,31-/m1/s1. The lowest BCUT2D eigenvalue weighted by Crippen LogP contribution is -2.46. The molecule has 3 heterocycles. The predicted octanol–water partition coefficient (Wildman–Crippen LogP) is 3.37. The van der Waals surface area contributed by atoms with E-state index in [-0.39, 0.29) is 12.1 Å². The maximum absolute atomic E-state index is 15.0. The Kier molecular flexibility index (Phi) is 7.87. The summed E-state index contributed by atoms with van der Waals surface area (Å²) in [7, 11) is 0. The summed E-state index contributed by atoms with van der Waals surface area (Å²) in [5.74, 6) is -1.73. The number of anilines is 1. The van der Waals surface area contributed by atoms with Crippen molar-refractivity contribution in [3.63, 3.8) is 0 Å². The number of halogens is 2. The summed E-state index contributed by atoms with van der Waals surface area (Å²) in [6, 6.07) is 20.0. The largest absolute Gasteiger partial charge is 0.381 e. The molecule has 0 unspecified atom stereocenters. The monoisotopic (exact) mass is 586 g/mol. The lowest BCUT2D eigenvalue weighted by Gasteiger charge is -2.36. The zero-order valence-corrected chi connectivity index (χ0v) is 23.7. The van der Waals surface area contributed by atoms with E-state index in [4.69, 9.17) is 0 Å². The Bertz CT molecular complexity index is 1720. The molecule has 1 aliphatic heterocycles. The van der Waals surface area contributed by atoms with Crippen LogP contribution in [-0.2, 0) is 18.7 Å². The van der Waals surface area contributed by atoms with E-state index in [1.54, 1.807) is 6.92 Å². The van der Waals surface area contributed by atoms with Crippen molar-refractivity contribution in [1.82, 2.24) is 34.0 Å². The van der Waals surface area contributed by atoms with Crippen molar-refractivity contribution in [2.75, 3.05) is 31.1 Å². The van der Waals surface area contributed by atoms with Gasteiger partial charge >= 0.3 is 5.69 Å². The minimum Gasteiger partial charge on any atom is -0.381 e. The van der Waals surface area contributed by atoms with Gasteiger partial charge in [-0.05, 0) is 42.8 Å². The van der Waals surface area contributed by atoms with Gasteiger partial charge in [-0.15, -0.1) is 0 Å². The van der Waals surface area contributed by atoms with Crippen LogP contribution in [0.15, 0.2) is 96.6 Å².